The summed E-state index contributed by atoms with van der Waals surface area (Å²) in [6.07, 6.45) is 2.22. The number of rotatable bonds is 5. The number of halogens is 2. The quantitative estimate of drug-likeness (QED) is 0.888. The summed E-state index contributed by atoms with van der Waals surface area (Å²) < 4.78 is 13.8. The van der Waals surface area contributed by atoms with Gasteiger partial charge in [-0.05, 0) is 31.9 Å². The normalized spacial score (nSPS) is 14.0. The molecule has 132 valence electrons. The van der Waals surface area contributed by atoms with E-state index in [2.05, 4.69) is 20.2 Å². The van der Waals surface area contributed by atoms with Crippen molar-refractivity contribution >= 4 is 23.3 Å². The van der Waals surface area contributed by atoms with E-state index in [0.717, 1.165) is 24.6 Å². The molecule has 3 rings (SSSR count). The number of carbonyl (C=O) groups excluding carboxylic acids is 1. The molecule has 1 aromatic heterocycles. The lowest BCUT2D eigenvalue weighted by Gasteiger charge is -2.17. The summed E-state index contributed by atoms with van der Waals surface area (Å²) >= 11 is 5.95. The first-order valence-corrected chi connectivity index (χ1v) is 8.70. The van der Waals surface area contributed by atoms with Gasteiger partial charge < -0.3 is 10.2 Å². The SMILES string of the molecule is Cc1cc(N2CCCC2)nc(CNC(=O)Cc2c(F)cccc2Cl)n1. The molecule has 2 heterocycles. The number of carbonyl (C=O) groups is 1. The molecule has 1 saturated heterocycles. The van der Waals surface area contributed by atoms with Crippen molar-refractivity contribution in [1.29, 1.82) is 0 Å². The van der Waals surface area contributed by atoms with Crippen LogP contribution in [0.3, 0.4) is 0 Å². The van der Waals surface area contributed by atoms with Crippen molar-refractivity contribution in [2.24, 2.45) is 0 Å². The van der Waals surface area contributed by atoms with Gasteiger partial charge in [0.15, 0.2) is 0 Å². The Morgan fingerprint density at radius 2 is 2.08 bits per heavy atom. The van der Waals surface area contributed by atoms with Gasteiger partial charge in [-0.15, -0.1) is 0 Å². The maximum absolute atomic E-state index is 13.8. The van der Waals surface area contributed by atoms with Gasteiger partial charge in [-0.25, -0.2) is 14.4 Å². The zero-order valence-electron chi connectivity index (χ0n) is 14.1. The van der Waals surface area contributed by atoms with Gasteiger partial charge >= 0.3 is 0 Å². The molecule has 1 aliphatic rings. The van der Waals surface area contributed by atoms with Gasteiger partial charge in [0, 0.05) is 35.4 Å². The van der Waals surface area contributed by atoms with Crippen LogP contribution in [0.5, 0.6) is 0 Å². The largest absolute Gasteiger partial charge is 0.357 e. The third-order valence-corrected chi connectivity index (χ3v) is 4.51. The summed E-state index contributed by atoms with van der Waals surface area (Å²) in [4.78, 5) is 23.2. The fourth-order valence-electron chi connectivity index (χ4n) is 2.90. The number of aromatic nitrogens is 2. The van der Waals surface area contributed by atoms with Crippen molar-refractivity contribution in [1.82, 2.24) is 15.3 Å². The molecular weight excluding hydrogens is 343 g/mol. The van der Waals surface area contributed by atoms with Crippen LogP contribution in [0.4, 0.5) is 10.2 Å². The number of amides is 1. The minimum absolute atomic E-state index is 0.115. The minimum Gasteiger partial charge on any atom is -0.357 e. The maximum atomic E-state index is 13.8. The number of benzene rings is 1. The zero-order valence-corrected chi connectivity index (χ0v) is 14.8. The lowest BCUT2D eigenvalue weighted by molar-refractivity contribution is -0.120. The first-order valence-electron chi connectivity index (χ1n) is 8.32. The second-order valence-electron chi connectivity index (χ2n) is 6.13. The van der Waals surface area contributed by atoms with Crippen LogP contribution in [0.1, 0.15) is 29.9 Å². The van der Waals surface area contributed by atoms with Gasteiger partial charge in [-0.2, -0.15) is 0 Å². The van der Waals surface area contributed by atoms with E-state index < -0.39 is 5.82 Å². The Morgan fingerprint density at radius 3 is 2.80 bits per heavy atom. The number of aryl methyl sites for hydroxylation is 1. The van der Waals surface area contributed by atoms with E-state index in [9.17, 15) is 9.18 Å². The van der Waals surface area contributed by atoms with E-state index in [1.165, 1.54) is 25.0 Å². The molecule has 1 amide bonds. The Balaban J connectivity index is 1.64. The standard InChI is InChI=1S/C18H20ClFN4O/c1-12-9-17(24-7-2-3-8-24)23-16(22-12)11-21-18(25)10-13-14(19)5-4-6-15(13)20/h4-6,9H,2-3,7-8,10-11H2,1H3,(H,21,25). The van der Waals surface area contributed by atoms with Gasteiger partial charge in [-0.1, -0.05) is 17.7 Å². The van der Waals surface area contributed by atoms with Gasteiger partial charge in [0.25, 0.3) is 0 Å². The van der Waals surface area contributed by atoms with Gasteiger partial charge in [-0.3, -0.25) is 4.79 Å². The number of nitrogens with zero attached hydrogens (tertiary/aromatic N) is 3. The Labute approximate surface area is 151 Å². The summed E-state index contributed by atoms with van der Waals surface area (Å²) in [5.74, 6) is 0.645. The molecule has 25 heavy (non-hydrogen) atoms. The lowest BCUT2D eigenvalue weighted by atomic mass is 10.1. The van der Waals surface area contributed by atoms with Crippen molar-refractivity contribution in [2.45, 2.75) is 32.7 Å². The van der Waals surface area contributed by atoms with Crippen LogP contribution in [0.25, 0.3) is 0 Å². The maximum Gasteiger partial charge on any atom is 0.224 e. The molecular formula is C18H20ClFN4O. The highest BCUT2D eigenvalue weighted by Crippen LogP contribution is 2.20. The Bertz CT molecular complexity index is 757. The molecule has 1 fully saturated rings. The summed E-state index contributed by atoms with van der Waals surface area (Å²) in [5.41, 5.74) is 1.06. The van der Waals surface area contributed by atoms with E-state index in [0.29, 0.717) is 5.82 Å². The molecule has 0 spiro atoms. The van der Waals surface area contributed by atoms with Gasteiger partial charge in [0.2, 0.25) is 5.91 Å². The van der Waals surface area contributed by atoms with E-state index in [4.69, 9.17) is 11.6 Å². The predicted molar refractivity (Wildman–Crippen MR) is 95.2 cm³/mol. The topological polar surface area (TPSA) is 58.1 Å². The highest BCUT2D eigenvalue weighted by molar-refractivity contribution is 6.31. The molecule has 0 aliphatic carbocycles. The zero-order chi connectivity index (χ0) is 17.8. The number of hydrogen-bond donors (Lipinski definition) is 1. The van der Waals surface area contributed by atoms with Crippen LogP contribution in [0.2, 0.25) is 5.02 Å². The number of hydrogen-bond acceptors (Lipinski definition) is 4. The first-order chi connectivity index (χ1) is 12.0. The number of nitrogens with one attached hydrogen (secondary N) is 1. The smallest absolute Gasteiger partial charge is 0.224 e. The van der Waals surface area contributed by atoms with Crippen LogP contribution in [-0.2, 0) is 17.8 Å². The van der Waals surface area contributed by atoms with Crippen molar-refractivity contribution in [3.8, 4) is 0 Å². The van der Waals surface area contributed by atoms with Crippen LogP contribution < -0.4 is 10.2 Å². The average molecular weight is 363 g/mol. The Kier molecular flexibility index (Phi) is 5.48. The first kappa shape index (κ1) is 17.6. The van der Waals surface area contributed by atoms with E-state index >= 15 is 0 Å². The monoisotopic (exact) mass is 362 g/mol. The highest BCUT2D eigenvalue weighted by Gasteiger charge is 2.16. The molecule has 0 atom stereocenters. The highest BCUT2D eigenvalue weighted by atomic mass is 35.5. The molecule has 0 bridgehead atoms. The van der Waals surface area contributed by atoms with Crippen molar-refractivity contribution in [2.75, 3.05) is 18.0 Å². The molecule has 0 unspecified atom stereocenters. The Hall–Kier alpha value is -2.21. The number of anilines is 1. The average Bonchev–Trinajstić information content (AvgIpc) is 3.11. The van der Waals surface area contributed by atoms with E-state index in [1.54, 1.807) is 6.07 Å². The van der Waals surface area contributed by atoms with Crippen LogP contribution in [-0.4, -0.2) is 29.0 Å². The van der Waals surface area contributed by atoms with Gasteiger partial charge in [0.05, 0.1) is 13.0 Å². The van der Waals surface area contributed by atoms with E-state index in [-0.39, 0.29) is 29.5 Å². The van der Waals surface area contributed by atoms with Crippen LogP contribution in [0, 0.1) is 12.7 Å². The second-order valence-corrected chi connectivity index (χ2v) is 6.54. The molecule has 7 heteroatoms. The second kappa shape index (κ2) is 7.78. The summed E-state index contributed by atoms with van der Waals surface area (Å²) in [7, 11) is 0. The summed E-state index contributed by atoms with van der Waals surface area (Å²) in [5, 5.41) is 2.99. The molecule has 5 nitrogen and oxygen atoms in total. The fraction of sp³-hybridized carbons (Fsp3) is 0.389. The molecule has 0 saturated carbocycles. The van der Waals surface area contributed by atoms with Gasteiger partial charge in [0.1, 0.15) is 17.5 Å². The van der Waals surface area contributed by atoms with E-state index in [1.807, 2.05) is 13.0 Å². The third-order valence-electron chi connectivity index (χ3n) is 4.16. The van der Waals surface area contributed by atoms with Crippen molar-refractivity contribution in [3.05, 3.63) is 52.2 Å². The summed E-state index contributed by atoms with van der Waals surface area (Å²) in [6, 6.07) is 6.33. The Morgan fingerprint density at radius 1 is 1.32 bits per heavy atom. The molecule has 1 aromatic carbocycles. The van der Waals surface area contributed by atoms with Crippen LogP contribution >= 0.6 is 11.6 Å². The van der Waals surface area contributed by atoms with Crippen molar-refractivity contribution < 1.29 is 9.18 Å². The summed E-state index contributed by atoms with van der Waals surface area (Å²) in [6.45, 7) is 4.10. The van der Waals surface area contributed by atoms with Crippen molar-refractivity contribution in [3.63, 3.8) is 0 Å². The molecule has 1 N–H and O–H groups in total. The molecule has 2 aromatic rings. The van der Waals surface area contributed by atoms with Crippen LogP contribution in [0.15, 0.2) is 24.3 Å². The predicted octanol–water partition coefficient (Wildman–Crippen LogP) is 3.04. The third kappa shape index (κ3) is 4.45. The molecule has 0 radical (unpaired) electrons. The fourth-order valence-corrected chi connectivity index (χ4v) is 3.13. The minimum atomic E-state index is -0.481. The molecule has 1 aliphatic heterocycles. The lowest BCUT2D eigenvalue weighted by Crippen LogP contribution is -2.27.